The van der Waals surface area contributed by atoms with E-state index in [1.54, 1.807) is 37.7 Å². The number of ether oxygens (including phenoxy) is 2. The quantitative estimate of drug-likeness (QED) is 0.633. The molecule has 100 valence electrons. The van der Waals surface area contributed by atoms with Gasteiger partial charge in [-0.1, -0.05) is 0 Å². The molecule has 2 aromatic rings. The lowest BCUT2D eigenvalue weighted by Gasteiger charge is -2.03. The topological polar surface area (TPSA) is 48.7 Å². The van der Waals surface area contributed by atoms with E-state index >= 15 is 0 Å². The summed E-state index contributed by atoms with van der Waals surface area (Å²) in [4.78, 5) is 11.8. The molecule has 0 spiro atoms. The summed E-state index contributed by atoms with van der Waals surface area (Å²) in [5, 5.41) is 0. The first-order valence-corrected chi connectivity index (χ1v) is 6.10. The van der Waals surface area contributed by atoms with E-state index < -0.39 is 0 Å². The number of benzene rings is 1. The van der Waals surface area contributed by atoms with Gasteiger partial charge in [0, 0.05) is 5.56 Å². The van der Waals surface area contributed by atoms with Crippen molar-refractivity contribution in [3.05, 3.63) is 65.6 Å². The predicted molar refractivity (Wildman–Crippen MR) is 73.7 cm³/mol. The summed E-state index contributed by atoms with van der Waals surface area (Å²) in [5.41, 5.74) is 1.28. The van der Waals surface area contributed by atoms with Crippen LogP contribution in [0.25, 0.3) is 11.8 Å². The van der Waals surface area contributed by atoms with Crippen molar-refractivity contribution in [2.24, 2.45) is 0 Å². The second-order valence-electron chi connectivity index (χ2n) is 4.24. The van der Waals surface area contributed by atoms with Crippen molar-refractivity contribution in [2.75, 3.05) is 7.11 Å². The molecule has 2 heterocycles. The first kappa shape index (κ1) is 12.3. The number of carbonyl (C=O) groups excluding carboxylic acids is 1. The maximum Gasteiger partial charge on any atom is 0.343 e. The maximum atomic E-state index is 11.8. The molecule has 1 aliphatic rings. The lowest BCUT2D eigenvalue weighted by atomic mass is 10.1. The predicted octanol–water partition coefficient (Wildman–Crippen LogP) is 3.27. The summed E-state index contributed by atoms with van der Waals surface area (Å²) in [5.74, 6) is 1.51. The number of rotatable bonds is 3. The third-order valence-electron chi connectivity index (χ3n) is 2.94. The summed E-state index contributed by atoms with van der Waals surface area (Å²) in [6.45, 7) is 0. The highest BCUT2D eigenvalue weighted by molar-refractivity contribution is 6.04. The monoisotopic (exact) mass is 268 g/mol. The minimum atomic E-state index is -0.382. The Balaban J connectivity index is 1.89. The third-order valence-corrected chi connectivity index (χ3v) is 2.94. The minimum absolute atomic E-state index is 0.382. The molecular weight excluding hydrogens is 256 g/mol. The Morgan fingerprint density at radius 3 is 2.60 bits per heavy atom. The van der Waals surface area contributed by atoms with Gasteiger partial charge in [-0.25, -0.2) is 4.79 Å². The van der Waals surface area contributed by atoms with Gasteiger partial charge >= 0.3 is 5.97 Å². The van der Waals surface area contributed by atoms with Crippen LogP contribution in [0.3, 0.4) is 0 Å². The Hall–Kier alpha value is -2.75. The van der Waals surface area contributed by atoms with Crippen molar-refractivity contribution in [3.8, 4) is 5.75 Å². The highest BCUT2D eigenvalue weighted by Gasteiger charge is 2.22. The van der Waals surface area contributed by atoms with Crippen LogP contribution in [0.5, 0.6) is 5.75 Å². The van der Waals surface area contributed by atoms with Crippen LogP contribution in [0.1, 0.15) is 11.3 Å². The van der Waals surface area contributed by atoms with Gasteiger partial charge < -0.3 is 13.9 Å². The molecule has 0 radical (unpaired) electrons. The van der Waals surface area contributed by atoms with Gasteiger partial charge in [-0.05, 0) is 48.6 Å². The van der Waals surface area contributed by atoms with Crippen LogP contribution < -0.4 is 4.74 Å². The highest BCUT2D eigenvalue weighted by atomic mass is 16.5. The smallest absolute Gasteiger partial charge is 0.343 e. The average molecular weight is 268 g/mol. The van der Waals surface area contributed by atoms with Crippen LogP contribution in [0.15, 0.2) is 58.7 Å². The van der Waals surface area contributed by atoms with Crippen molar-refractivity contribution in [3.63, 3.8) is 0 Å². The first-order chi connectivity index (χ1) is 9.76. The van der Waals surface area contributed by atoms with Gasteiger partial charge in [-0.3, -0.25) is 0 Å². The fourth-order valence-electron chi connectivity index (χ4n) is 1.91. The number of cyclic esters (lactones) is 1. The van der Waals surface area contributed by atoms with E-state index in [1.807, 2.05) is 24.3 Å². The molecule has 0 atom stereocenters. The van der Waals surface area contributed by atoms with Crippen LogP contribution in [0.4, 0.5) is 0 Å². The molecule has 1 aromatic heterocycles. The van der Waals surface area contributed by atoms with Crippen molar-refractivity contribution < 1.29 is 18.7 Å². The second kappa shape index (κ2) is 5.09. The van der Waals surface area contributed by atoms with E-state index in [0.717, 1.165) is 11.3 Å². The molecule has 0 saturated heterocycles. The molecule has 0 fully saturated rings. The Morgan fingerprint density at radius 2 is 1.95 bits per heavy atom. The third kappa shape index (κ3) is 2.36. The second-order valence-corrected chi connectivity index (χ2v) is 4.24. The van der Waals surface area contributed by atoms with Gasteiger partial charge in [0.2, 0.25) is 0 Å². The van der Waals surface area contributed by atoms with Gasteiger partial charge in [0.05, 0.1) is 18.9 Å². The summed E-state index contributed by atoms with van der Waals surface area (Å²) in [7, 11) is 1.61. The highest BCUT2D eigenvalue weighted by Crippen LogP contribution is 2.28. The molecule has 0 aliphatic carbocycles. The molecule has 0 bridgehead atoms. The van der Waals surface area contributed by atoms with Crippen LogP contribution in [0, 0.1) is 0 Å². The van der Waals surface area contributed by atoms with Gasteiger partial charge in [0.25, 0.3) is 0 Å². The molecule has 0 N–H and O–H groups in total. The van der Waals surface area contributed by atoms with Crippen LogP contribution in [-0.4, -0.2) is 13.1 Å². The fraction of sp³-hybridized carbons (Fsp3) is 0.0625. The number of furan rings is 1. The molecule has 4 heteroatoms. The van der Waals surface area contributed by atoms with Crippen molar-refractivity contribution in [2.45, 2.75) is 0 Å². The van der Waals surface area contributed by atoms with Crippen molar-refractivity contribution in [1.82, 2.24) is 0 Å². The molecule has 20 heavy (non-hydrogen) atoms. The zero-order valence-electron chi connectivity index (χ0n) is 10.8. The van der Waals surface area contributed by atoms with Gasteiger partial charge in [-0.15, -0.1) is 0 Å². The molecule has 0 unspecified atom stereocenters. The SMILES string of the molecule is COc1ccc(C2=C/C(=C/c3ccco3)C(=O)O2)cc1. The van der Waals surface area contributed by atoms with E-state index in [0.29, 0.717) is 17.1 Å². The largest absolute Gasteiger partial charge is 0.497 e. The summed E-state index contributed by atoms with van der Waals surface area (Å²) in [6, 6.07) is 10.9. The van der Waals surface area contributed by atoms with Crippen molar-refractivity contribution in [1.29, 1.82) is 0 Å². The number of carbonyl (C=O) groups is 1. The molecule has 4 nitrogen and oxygen atoms in total. The minimum Gasteiger partial charge on any atom is -0.497 e. The lowest BCUT2D eigenvalue weighted by Crippen LogP contribution is -1.97. The average Bonchev–Trinajstić information content (AvgIpc) is 3.10. The van der Waals surface area contributed by atoms with E-state index in [2.05, 4.69) is 0 Å². The summed E-state index contributed by atoms with van der Waals surface area (Å²) < 4.78 is 15.5. The van der Waals surface area contributed by atoms with E-state index in [9.17, 15) is 4.79 Å². The number of esters is 1. The van der Waals surface area contributed by atoms with Gasteiger partial charge in [0.15, 0.2) is 0 Å². The Bertz CT molecular complexity index is 676. The molecule has 0 saturated carbocycles. The maximum absolute atomic E-state index is 11.8. The Kier molecular flexibility index (Phi) is 3.13. The molecule has 1 aromatic carbocycles. The summed E-state index contributed by atoms with van der Waals surface area (Å²) in [6.07, 6.45) is 4.91. The lowest BCUT2D eigenvalue weighted by molar-refractivity contribution is -0.130. The van der Waals surface area contributed by atoms with Gasteiger partial charge in [-0.2, -0.15) is 0 Å². The van der Waals surface area contributed by atoms with Crippen LogP contribution in [-0.2, 0) is 9.53 Å². The molecule has 3 rings (SSSR count). The Morgan fingerprint density at radius 1 is 1.15 bits per heavy atom. The molecule has 1 aliphatic heterocycles. The van der Waals surface area contributed by atoms with Crippen LogP contribution >= 0.6 is 0 Å². The Labute approximate surface area is 115 Å². The summed E-state index contributed by atoms with van der Waals surface area (Å²) >= 11 is 0. The van der Waals surface area contributed by atoms with Crippen LogP contribution in [0.2, 0.25) is 0 Å². The normalized spacial score (nSPS) is 16.1. The number of hydrogen-bond donors (Lipinski definition) is 0. The zero-order valence-corrected chi connectivity index (χ0v) is 10.8. The van der Waals surface area contributed by atoms with E-state index in [-0.39, 0.29) is 5.97 Å². The number of hydrogen-bond acceptors (Lipinski definition) is 4. The van der Waals surface area contributed by atoms with Crippen molar-refractivity contribution >= 4 is 17.8 Å². The van der Waals surface area contributed by atoms with E-state index in [1.165, 1.54) is 0 Å². The van der Waals surface area contributed by atoms with E-state index in [4.69, 9.17) is 13.9 Å². The molecular formula is C16H12O4. The number of methoxy groups -OCH3 is 1. The standard InChI is InChI=1S/C16H12O4/c1-18-13-6-4-11(5-7-13)15-10-12(16(17)20-15)9-14-3-2-8-19-14/h2-10H,1H3/b12-9-. The van der Waals surface area contributed by atoms with Gasteiger partial charge in [0.1, 0.15) is 17.3 Å². The molecule has 0 amide bonds. The first-order valence-electron chi connectivity index (χ1n) is 6.10. The zero-order chi connectivity index (χ0) is 13.9. The fourth-order valence-corrected chi connectivity index (χ4v) is 1.91.